The summed E-state index contributed by atoms with van der Waals surface area (Å²) in [5, 5.41) is 20.7. The Labute approximate surface area is 226 Å². The summed E-state index contributed by atoms with van der Waals surface area (Å²) in [6, 6.07) is -4.03. The van der Waals surface area contributed by atoms with Gasteiger partial charge in [-0.2, -0.15) is 12.6 Å². The van der Waals surface area contributed by atoms with Gasteiger partial charge in [0.05, 0.1) is 17.9 Å². The van der Waals surface area contributed by atoms with Crippen LogP contribution in [0.2, 0.25) is 0 Å². The highest BCUT2D eigenvalue weighted by Crippen LogP contribution is 2.10. The zero-order valence-electron chi connectivity index (χ0n) is 23.0. The average molecular weight is 546 g/mol. The average Bonchev–Trinajstić information content (AvgIpc) is 2.82. The molecule has 214 valence electrons. The van der Waals surface area contributed by atoms with E-state index in [1.807, 2.05) is 13.8 Å². The van der Waals surface area contributed by atoms with Gasteiger partial charge >= 0.3 is 0 Å². The number of amides is 4. The third-order valence-electron chi connectivity index (χ3n) is 5.80. The van der Waals surface area contributed by atoms with Gasteiger partial charge in [-0.15, -0.1) is 0 Å². The molecule has 0 fully saturated rings. The molecule has 0 saturated carbocycles. The lowest BCUT2D eigenvalue weighted by Gasteiger charge is -2.29. The molecule has 0 aliphatic rings. The Morgan fingerprint density at radius 2 is 1.38 bits per heavy atom. The van der Waals surface area contributed by atoms with Crippen molar-refractivity contribution in [2.24, 2.45) is 17.6 Å². The van der Waals surface area contributed by atoms with E-state index in [4.69, 9.17) is 5.73 Å². The molecule has 0 heterocycles. The van der Waals surface area contributed by atoms with Crippen molar-refractivity contribution in [1.82, 2.24) is 21.3 Å². The first kappa shape index (κ1) is 34.8. The number of thiol groups is 1. The van der Waals surface area contributed by atoms with E-state index in [0.717, 1.165) is 0 Å². The maximum absolute atomic E-state index is 13.2. The molecule has 0 saturated heterocycles. The first-order valence-corrected chi connectivity index (χ1v) is 13.6. The van der Waals surface area contributed by atoms with Crippen LogP contribution in [-0.4, -0.2) is 77.1 Å². The molecule has 4 amide bonds. The fourth-order valence-corrected chi connectivity index (χ4v) is 3.83. The molecule has 37 heavy (non-hydrogen) atoms. The highest BCUT2D eigenvalue weighted by molar-refractivity contribution is 7.81. The van der Waals surface area contributed by atoms with Gasteiger partial charge in [-0.1, -0.05) is 34.6 Å². The molecule has 0 rings (SSSR count). The van der Waals surface area contributed by atoms with Crippen molar-refractivity contribution >= 4 is 42.0 Å². The van der Waals surface area contributed by atoms with Crippen molar-refractivity contribution in [1.29, 1.82) is 0 Å². The molecule has 0 aromatic rings. The number of aliphatic hydroxyl groups excluding tert-OH is 1. The van der Waals surface area contributed by atoms with Crippen LogP contribution in [0, 0.1) is 11.8 Å². The summed E-state index contributed by atoms with van der Waals surface area (Å²) in [5.41, 5.74) is 5.51. The monoisotopic (exact) mass is 545 g/mol. The van der Waals surface area contributed by atoms with Crippen LogP contribution >= 0.6 is 12.6 Å². The number of ketones is 1. The molecule has 0 unspecified atom stereocenters. The van der Waals surface area contributed by atoms with E-state index < -0.39 is 48.0 Å². The second-order valence-corrected chi connectivity index (χ2v) is 10.3. The van der Waals surface area contributed by atoms with Crippen LogP contribution in [0.25, 0.3) is 0 Å². The lowest BCUT2D eigenvalue weighted by molar-refractivity contribution is -0.136. The van der Waals surface area contributed by atoms with Crippen molar-refractivity contribution in [3.8, 4) is 0 Å². The predicted octanol–water partition coefficient (Wildman–Crippen LogP) is 0.0464. The van der Waals surface area contributed by atoms with Gasteiger partial charge in [0.2, 0.25) is 23.6 Å². The van der Waals surface area contributed by atoms with Crippen LogP contribution in [0.5, 0.6) is 0 Å². The molecule has 0 aromatic heterocycles. The third-order valence-corrected chi connectivity index (χ3v) is 6.11. The fraction of sp³-hybridized carbons (Fsp3) is 0.800. The second kappa shape index (κ2) is 18.1. The molecule has 12 heteroatoms. The number of nitrogens with two attached hydrogens (primary N) is 1. The minimum absolute atomic E-state index is 0.0116. The molecule has 7 N–H and O–H groups in total. The Hall–Kier alpha value is -2.18. The van der Waals surface area contributed by atoms with Crippen LogP contribution in [0.3, 0.4) is 0 Å². The first-order chi connectivity index (χ1) is 17.3. The summed E-state index contributed by atoms with van der Waals surface area (Å²) in [4.78, 5) is 63.3. The summed E-state index contributed by atoms with van der Waals surface area (Å²) in [6.07, 6.45) is 0.839. The Balaban J connectivity index is 5.64. The minimum Gasteiger partial charge on any atom is -0.391 e. The Bertz CT molecular complexity index is 762. The van der Waals surface area contributed by atoms with Gasteiger partial charge in [-0.3, -0.25) is 24.0 Å². The number of hydrogen-bond donors (Lipinski definition) is 7. The van der Waals surface area contributed by atoms with Crippen molar-refractivity contribution in [3.05, 3.63) is 0 Å². The van der Waals surface area contributed by atoms with Gasteiger partial charge in [0.15, 0.2) is 5.78 Å². The van der Waals surface area contributed by atoms with E-state index in [1.165, 1.54) is 6.92 Å². The predicted molar refractivity (Wildman–Crippen MR) is 146 cm³/mol. The largest absolute Gasteiger partial charge is 0.391 e. The summed E-state index contributed by atoms with van der Waals surface area (Å²) >= 11 is 4.01. The van der Waals surface area contributed by atoms with Gasteiger partial charge in [-0.05, 0) is 51.0 Å². The molecule has 0 aromatic carbocycles. The normalized spacial score (nSPS) is 15.3. The second-order valence-electron chi connectivity index (χ2n) is 10.0. The molecule has 0 bridgehead atoms. The van der Waals surface area contributed by atoms with Crippen molar-refractivity contribution in [2.75, 3.05) is 12.3 Å². The lowest BCUT2D eigenvalue weighted by atomic mass is 9.99. The molecule has 0 aliphatic carbocycles. The first-order valence-electron chi connectivity index (χ1n) is 13.0. The van der Waals surface area contributed by atoms with Crippen molar-refractivity contribution < 1.29 is 29.1 Å². The summed E-state index contributed by atoms with van der Waals surface area (Å²) < 4.78 is 0. The number of aliphatic hydroxyl groups is 1. The minimum atomic E-state index is -1.36. The summed E-state index contributed by atoms with van der Waals surface area (Å²) in [5.74, 6) is -2.77. The number of carbonyl (C=O) groups is 5. The number of nitrogens with one attached hydrogen (secondary N) is 4. The molecule has 0 radical (unpaired) electrons. The molecule has 5 atom stereocenters. The number of hydrogen-bond acceptors (Lipinski definition) is 8. The molecule has 0 aliphatic heterocycles. The van der Waals surface area contributed by atoms with E-state index in [-0.39, 0.29) is 42.1 Å². The Morgan fingerprint density at radius 3 is 1.84 bits per heavy atom. The van der Waals surface area contributed by atoms with Crippen molar-refractivity contribution in [3.63, 3.8) is 0 Å². The summed E-state index contributed by atoms with van der Waals surface area (Å²) in [6.45, 7) is 10.8. The van der Waals surface area contributed by atoms with Crippen LogP contribution in [0.1, 0.15) is 73.6 Å². The number of unbranched alkanes of at least 4 members (excludes halogenated alkanes) is 1. The van der Waals surface area contributed by atoms with Gasteiger partial charge < -0.3 is 32.1 Å². The smallest absolute Gasteiger partial charge is 0.245 e. The highest BCUT2D eigenvalue weighted by atomic mass is 32.1. The van der Waals surface area contributed by atoms with Gasteiger partial charge in [0.1, 0.15) is 18.1 Å². The van der Waals surface area contributed by atoms with Crippen LogP contribution in [0.4, 0.5) is 0 Å². The zero-order chi connectivity index (χ0) is 28.7. The Kier molecular flexibility index (Phi) is 17.1. The number of rotatable bonds is 18. The lowest BCUT2D eigenvalue weighted by Crippen LogP contribution is -2.60. The van der Waals surface area contributed by atoms with E-state index in [1.54, 1.807) is 20.8 Å². The Morgan fingerprint density at radius 1 is 0.811 bits per heavy atom. The van der Waals surface area contributed by atoms with E-state index >= 15 is 0 Å². The standard InChI is InChI=1S/C25H47N5O6S/c1-7-20(33)29-21(15(4)5)24(35)28-18(12-14(2)3)23(34)30-22(16(6)31)25(36)27-17(19(32)13-37)10-8-9-11-26/h14-18,21-22,31,37H,7-13,26H2,1-6H3,(H,27,36)(H,28,35)(H,29,33)(H,30,34)/t16-,17+,18+,21+,22+/m1/s1. The maximum Gasteiger partial charge on any atom is 0.245 e. The van der Waals surface area contributed by atoms with Crippen LogP contribution in [0.15, 0.2) is 0 Å². The topological polar surface area (TPSA) is 180 Å². The highest BCUT2D eigenvalue weighted by Gasteiger charge is 2.33. The fourth-order valence-electron chi connectivity index (χ4n) is 3.61. The van der Waals surface area contributed by atoms with E-state index in [9.17, 15) is 29.1 Å². The SMILES string of the molecule is CCC(=O)N[C@H](C(=O)N[C@@H](CC(C)C)C(=O)N[C@H](C(=O)N[C@@H](CCCCN)C(=O)CS)[C@@H](C)O)C(C)C. The van der Waals surface area contributed by atoms with E-state index in [2.05, 4.69) is 33.9 Å². The quantitative estimate of drug-likeness (QED) is 0.0938. The van der Waals surface area contributed by atoms with Crippen molar-refractivity contribution in [2.45, 2.75) is 104 Å². The molecule has 11 nitrogen and oxygen atoms in total. The van der Waals surface area contributed by atoms with E-state index in [0.29, 0.717) is 25.8 Å². The van der Waals surface area contributed by atoms with Crippen LogP contribution < -0.4 is 27.0 Å². The van der Waals surface area contributed by atoms with Crippen LogP contribution in [-0.2, 0) is 24.0 Å². The van der Waals surface area contributed by atoms with Gasteiger partial charge in [0.25, 0.3) is 0 Å². The maximum atomic E-state index is 13.2. The number of Topliss-reactive ketones (excluding diaryl/α,β-unsaturated/α-hetero) is 1. The molecule has 0 spiro atoms. The van der Waals surface area contributed by atoms with Gasteiger partial charge in [-0.25, -0.2) is 0 Å². The van der Waals surface area contributed by atoms with Gasteiger partial charge in [0, 0.05) is 6.42 Å². The zero-order valence-corrected chi connectivity index (χ0v) is 23.9. The third kappa shape index (κ3) is 13.3. The molecular weight excluding hydrogens is 498 g/mol. The summed E-state index contributed by atoms with van der Waals surface area (Å²) in [7, 11) is 0. The number of carbonyl (C=O) groups excluding carboxylic acids is 5. The molecular formula is C25H47N5O6S.